The normalized spacial score (nSPS) is 21.4. The zero-order valence-corrected chi connectivity index (χ0v) is 6.21. The summed E-state index contributed by atoms with van der Waals surface area (Å²) in [6.07, 6.45) is 5.87. The molecule has 1 aliphatic carbocycles. The van der Waals surface area contributed by atoms with Gasteiger partial charge in [0.25, 0.3) is 0 Å². The van der Waals surface area contributed by atoms with Crippen LogP contribution in [0.25, 0.3) is 0 Å². The third-order valence-corrected chi connectivity index (χ3v) is 1.86. The molecule has 1 aliphatic rings. The molecule has 0 spiro atoms. The van der Waals surface area contributed by atoms with Crippen molar-refractivity contribution in [1.82, 2.24) is 0 Å². The molecule has 0 saturated heterocycles. The summed E-state index contributed by atoms with van der Waals surface area (Å²) >= 11 is 0. The quantitative estimate of drug-likeness (QED) is 0.577. The highest BCUT2D eigenvalue weighted by Crippen LogP contribution is 2.19. The first kappa shape index (κ1) is 7.48. The van der Waals surface area contributed by atoms with Gasteiger partial charge in [0, 0.05) is 5.92 Å². The second-order valence-electron chi connectivity index (χ2n) is 2.83. The van der Waals surface area contributed by atoms with E-state index in [1.54, 1.807) is 6.92 Å². The molecule has 2 heteroatoms. The molecule has 0 fully saturated rings. The lowest BCUT2D eigenvalue weighted by atomic mass is 9.97. The van der Waals surface area contributed by atoms with Crippen LogP contribution >= 0.6 is 0 Å². The van der Waals surface area contributed by atoms with Gasteiger partial charge in [0.1, 0.15) is 0 Å². The van der Waals surface area contributed by atoms with Crippen LogP contribution in [-0.2, 0) is 4.79 Å². The number of ketones is 1. The molecule has 1 unspecified atom stereocenters. The number of rotatable bonds is 2. The van der Waals surface area contributed by atoms with E-state index >= 15 is 0 Å². The maximum Gasteiger partial charge on any atom is 0.152 e. The predicted octanol–water partition coefficient (Wildman–Crippen LogP) is 0.869. The van der Waals surface area contributed by atoms with Gasteiger partial charge in [-0.2, -0.15) is 0 Å². The summed E-state index contributed by atoms with van der Waals surface area (Å²) in [6.45, 7) is 1.75. The lowest BCUT2D eigenvalue weighted by Crippen LogP contribution is -2.31. The van der Waals surface area contributed by atoms with E-state index in [-0.39, 0.29) is 17.7 Å². The van der Waals surface area contributed by atoms with Gasteiger partial charge in [-0.05, 0) is 19.8 Å². The summed E-state index contributed by atoms with van der Waals surface area (Å²) in [5.41, 5.74) is 5.44. The summed E-state index contributed by atoms with van der Waals surface area (Å²) < 4.78 is 0. The van der Waals surface area contributed by atoms with Crippen LogP contribution in [0.3, 0.4) is 0 Å². The highest BCUT2D eigenvalue weighted by Gasteiger charge is 2.21. The smallest absolute Gasteiger partial charge is 0.152 e. The van der Waals surface area contributed by atoms with Gasteiger partial charge >= 0.3 is 0 Å². The van der Waals surface area contributed by atoms with Gasteiger partial charge < -0.3 is 5.73 Å². The molecule has 0 radical (unpaired) electrons. The van der Waals surface area contributed by atoms with E-state index in [1.165, 1.54) is 0 Å². The van der Waals surface area contributed by atoms with Crippen LogP contribution in [-0.4, -0.2) is 11.8 Å². The average Bonchev–Trinajstić information content (AvgIpc) is 2.36. The molecule has 10 heavy (non-hydrogen) atoms. The van der Waals surface area contributed by atoms with Gasteiger partial charge in [-0.15, -0.1) is 0 Å². The fourth-order valence-electron chi connectivity index (χ4n) is 1.22. The second kappa shape index (κ2) is 2.97. The third kappa shape index (κ3) is 1.45. The Morgan fingerprint density at radius 1 is 1.60 bits per heavy atom. The monoisotopic (exact) mass is 139 g/mol. The first-order valence-corrected chi connectivity index (χ1v) is 3.66. The number of hydrogen-bond donors (Lipinski definition) is 1. The summed E-state index contributed by atoms with van der Waals surface area (Å²) in [5, 5.41) is 0. The minimum Gasteiger partial charge on any atom is -0.322 e. The van der Waals surface area contributed by atoms with E-state index in [1.807, 2.05) is 12.2 Å². The Bertz CT molecular complexity index is 153. The Morgan fingerprint density at radius 3 is 2.50 bits per heavy atom. The van der Waals surface area contributed by atoms with E-state index in [4.69, 9.17) is 5.73 Å². The van der Waals surface area contributed by atoms with Crippen molar-refractivity contribution in [3.05, 3.63) is 12.2 Å². The Kier molecular flexibility index (Phi) is 2.22. The molecule has 2 nitrogen and oxygen atoms in total. The second-order valence-corrected chi connectivity index (χ2v) is 2.83. The average molecular weight is 139 g/mol. The SMILES string of the molecule is CC(N)C(=O)C1CC=CC1. The number of allylic oxidation sites excluding steroid dienone is 2. The van der Waals surface area contributed by atoms with E-state index in [2.05, 4.69) is 0 Å². The molecule has 56 valence electrons. The maximum absolute atomic E-state index is 11.2. The summed E-state index contributed by atoms with van der Waals surface area (Å²) in [5.74, 6) is 0.380. The largest absolute Gasteiger partial charge is 0.322 e. The van der Waals surface area contributed by atoms with Crippen LogP contribution in [0.5, 0.6) is 0 Å². The molecule has 2 N–H and O–H groups in total. The molecule has 1 atom stereocenters. The van der Waals surface area contributed by atoms with Crippen molar-refractivity contribution in [2.24, 2.45) is 11.7 Å². The Hall–Kier alpha value is -0.630. The minimum atomic E-state index is -0.287. The molecule has 0 heterocycles. The van der Waals surface area contributed by atoms with Crippen molar-refractivity contribution in [1.29, 1.82) is 0 Å². The van der Waals surface area contributed by atoms with Crippen LogP contribution in [0.4, 0.5) is 0 Å². The van der Waals surface area contributed by atoms with Gasteiger partial charge in [0.2, 0.25) is 0 Å². The highest BCUT2D eigenvalue weighted by atomic mass is 16.1. The molecule has 0 aliphatic heterocycles. The van der Waals surface area contributed by atoms with Crippen molar-refractivity contribution in [2.75, 3.05) is 0 Å². The zero-order chi connectivity index (χ0) is 7.56. The molecular formula is C8H13NO. The van der Waals surface area contributed by atoms with Crippen molar-refractivity contribution < 1.29 is 4.79 Å². The molecule has 0 bridgehead atoms. The zero-order valence-electron chi connectivity index (χ0n) is 6.21. The Morgan fingerprint density at radius 2 is 2.10 bits per heavy atom. The van der Waals surface area contributed by atoms with Crippen LogP contribution in [0.15, 0.2) is 12.2 Å². The first-order valence-electron chi connectivity index (χ1n) is 3.66. The molecule has 0 aromatic heterocycles. The molecule has 0 aromatic carbocycles. The van der Waals surface area contributed by atoms with Crippen molar-refractivity contribution in [2.45, 2.75) is 25.8 Å². The Labute approximate surface area is 61.1 Å². The standard InChI is InChI=1S/C8H13NO/c1-6(9)8(10)7-4-2-3-5-7/h2-3,6-7H,4-5,9H2,1H3. The van der Waals surface area contributed by atoms with Crippen LogP contribution < -0.4 is 5.73 Å². The third-order valence-electron chi connectivity index (χ3n) is 1.86. The van der Waals surface area contributed by atoms with E-state index < -0.39 is 0 Å². The highest BCUT2D eigenvalue weighted by molar-refractivity contribution is 5.86. The Balaban J connectivity index is 2.43. The van der Waals surface area contributed by atoms with E-state index in [9.17, 15) is 4.79 Å². The number of carbonyl (C=O) groups is 1. The lowest BCUT2D eigenvalue weighted by Gasteiger charge is -2.09. The van der Waals surface area contributed by atoms with Gasteiger partial charge in [-0.25, -0.2) is 0 Å². The van der Waals surface area contributed by atoms with Gasteiger partial charge in [0.05, 0.1) is 6.04 Å². The summed E-state index contributed by atoms with van der Waals surface area (Å²) in [4.78, 5) is 11.2. The van der Waals surface area contributed by atoms with Gasteiger partial charge in [0.15, 0.2) is 5.78 Å². The maximum atomic E-state index is 11.2. The minimum absolute atomic E-state index is 0.181. The fraction of sp³-hybridized carbons (Fsp3) is 0.625. The number of carbonyl (C=O) groups excluding carboxylic acids is 1. The molecular weight excluding hydrogens is 126 g/mol. The summed E-state index contributed by atoms with van der Waals surface area (Å²) in [7, 11) is 0. The van der Waals surface area contributed by atoms with Crippen molar-refractivity contribution in [3.8, 4) is 0 Å². The van der Waals surface area contributed by atoms with Crippen molar-refractivity contribution >= 4 is 5.78 Å². The molecule has 0 saturated carbocycles. The number of nitrogens with two attached hydrogens (primary N) is 1. The van der Waals surface area contributed by atoms with Crippen LogP contribution in [0.2, 0.25) is 0 Å². The van der Waals surface area contributed by atoms with Crippen molar-refractivity contribution in [3.63, 3.8) is 0 Å². The lowest BCUT2D eigenvalue weighted by molar-refractivity contribution is -0.123. The molecule has 0 aromatic rings. The number of hydrogen-bond acceptors (Lipinski definition) is 2. The summed E-state index contributed by atoms with van der Waals surface area (Å²) in [6, 6.07) is -0.287. The van der Waals surface area contributed by atoms with Crippen LogP contribution in [0.1, 0.15) is 19.8 Å². The predicted molar refractivity (Wildman–Crippen MR) is 40.5 cm³/mol. The first-order chi connectivity index (χ1) is 4.72. The number of Topliss-reactive ketones (excluding diaryl/α,β-unsaturated/α-hetero) is 1. The van der Waals surface area contributed by atoms with E-state index in [0.717, 1.165) is 12.8 Å². The molecule has 0 amide bonds. The van der Waals surface area contributed by atoms with Gasteiger partial charge in [-0.1, -0.05) is 12.2 Å². The van der Waals surface area contributed by atoms with Gasteiger partial charge in [-0.3, -0.25) is 4.79 Å². The fourth-order valence-corrected chi connectivity index (χ4v) is 1.22. The van der Waals surface area contributed by atoms with E-state index in [0.29, 0.717) is 0 Å². The molecule has 1 rings (SSSR count). The van der Waals surface area contributed by atoms with Crippen LogP contribution in [0, 0.1) is 5.92 Å². The topological polar surface area (TPSA) is 43.1 Å².